The molecule has 0 amide bonds. The highest BCUT2D eigenvalue weighted by molar-refractivity contribution is 5.72. The lowest BCUT2D eigenvalue weighted by molar-refractivity contribution is -0.249. The first-order valence-corrected chi connectivity index (χ1v) is 7.75. The van der Waals surface area contributed by atoms with E-state index in [2.05, 4.69) is 11.9 Å². The van der Waals surface area contributed by atoms with E-state index >= 15 is 0 Å². The quantitative estimate of drug-likeness (QED) is 0.776. The maximum Gasteiger partial charge on any atom is 0.328 e. The smallest absolute Gasteiger partial charge is 0.328 e. The third-order valence-corrected chi connectivity index (χ3v) is 3.82. The largest absolute Gasteiger partial charge is 0.378 e. The van der Waals surface area contributed by atoms with Crippen LogP contribution in [0.2, 0.25) is 0 Å². The predicted octanol–water partition coefficient (Wildman–Crippen LogP) is 1.92. The highest BCUT2D eigenvalue weighted by Crippen LogP contribution is 2.23. The molecule has 2 saturated heterocycles. The summed E-state index contributed by atoms with van der Waals surface area (Å²) in [5.41, 5.74) is -0.223. The summed E-state index contributed by atoms with van der Waals surface area (Å²) < 4.78 is 5.42. The van der Waals surface area contributed by atoms with Crippen molar-refractivity contribution in [1.82, 2.24) is 9.96 Å². The van der Waals surface area contributed by atoms with Crippen LogP contribution in [0.25, 0.3) is 0 Å². The average molecular weight is 286 g/mol. The van der Waals surface area contributed by atoms with Crippen LogP contribution in [0.5, 0.6) is 0 Å². The molecule has 5 nitrogen and oxygen atoms in total. The van der Waals surface area contributed by atoms with E-state index < -0.39 is 0 Å². The van der Waals surface area contributed by atoms with E-state index in [9.17, 15) is 4.79 Å². The Hall–Kier alpha value is -0.650. The van der Waals surface area contributed by atoms with Crippen molar-refractivity contribution in [1.29, 1.82) is 0 Å². The molecule has 0 aromatic carbocycles. The summed E-state index contributed by atoms with van der Waals surface area (Å²) >= 11 is 0. The van der Waals surface area contributed by atoms with Gasteiger partial charge in [-0.2, -0.15) is 0 Å². The van der Waals surface area contributed by atoms with Gasteiger partial charge in [0, 0.05) is 0 Å². The Labute approximate surface area is 123 Å². The van der Waals surface area contributed by atoms with Gasteiger partial charge >= 0.3 is 5.97 Å². The van der Waals surface area contributed by atoms with Crippen molar-refractivity contribution in [2.75, 3.05) is 39.9 Å². The third kappa shape index (κ3) is 4.72. The van der Waals surface area contributed by atoms with Gasteiger partial charge in [0.2, 0.25) is 0 Å². The number of hydrogen-bond acceptors (Lipinski definition) is 5. The van der Waals surface area contributed by atoms with Crippen LogP contribution in [0.1, 0.15) is 40.5 Å². The van der Waals surface area contributed by atoms with Crippen molar-refractivity contribution in [2.24, 2.45) is 5.92 Å². The van der Waals surface area contributed by atoms with Gasteiger partial charge in [-0.05, 0) is 46.8 Å². The number of carbonyl (C=O) groups is 1. The Morgan fingerprint density at radius 3 is 2.35 bits per heavy atom. The molecule has 2 rings (SSSR count). The Bertz CT molecular complexity index is 299. The lowest BCUT2D eigenvalue weighted by Gasteiger charge is -2.40. The van der Waals surface area contributed by atoms with Gasteiger partial charge in [0.15, 0.2) is 0 Å². The summed E-state index contributed by atoms with van der Waals surface area (Å²) in [6.45, 7) is 11.9. The fraction of sp³-hybridized carbons (Fsp3) is 0.933. The zero-order chi connectivity index (χ0) is 15.2. The second-order valence-electron chi connectivity index (χ2n) is 5.95. The van der Waals surface area contributed by atoms with Crippen LogP contribution in [0.4, 0.5) is 0 Å². The minimum Gasteiger partial charge on any atom is -0.378 e. The molecule has 0 aliphatic carbocycles. The van der Waals surface area contributed by atoms with Crippen molar-refractivity contribution in [2.45, 2.75) is 46.1 Å². The molecule has 2 fully saturated rings. The fourth-order valence-electron chi connectivity index (χ4n) is 2.44. The van der Waals surface area contributed by atoms with Crippen molar-refractivity contribution in [3.63, 3.8) is 0 Å². The molecule has 118 valence electrons. The molecule has 2 heterocycles. The van der Waals surface area contributed by atoms with Gasteiger partial charge < -0.3 is 14.5 Å². The first kappa shape index (κ1) is 17.4. The molecule has 2 aliphatic heterocycles. The first-order valence-electron chi connectivity index (χ1n) is 7.75. The summed E-state index contributed by atoms with van der Waals surface area (Å²) in [7, 11) is 2.09. The average Bonchev–Trinajstić information content (AvgIpc) is 2.44. The van der Waals surface area contributed by atoms with Crippen molar-refractivity contribution in [3.8, 4) is 0 Å². The highest BCUT2D eigenvalue weighted by Gasteiger charge is 2.35. The molecule has 0 aromatic heterocycles. The number of hydrogen-bond donors (Lipinski definition) is 0. The zero-order valence-electron chi connectivity index (χ0n) is 13.6. The first-order chi connectivity index (χ1) is 9.49. The monoisotopic (exact) mass is 286 g/mol. The standard InChI is InChI=1S/C13H24N2O3.C2H6/c1-13(2)10-17-9-8-15(13)18-12(16)11-4-6-14(3)7-5-11;1-2/h11H,4-10H2,1-3H3;1-2H3. The second-order valence-corrected chi connectivity index (χ2v) is 5.95. The number of carbonyl (C=O) groups excluding carboxylic acids is 1. The zero-order valence-corrected chi connectivity index (χ0v) is 13.6. The summed E-state index contributed by atoms with van der Waals surface area (Å²) in [5.74, 6) is -0.0158. The lowest BCUT2D eigenvalue weighted by Crippen LogP contribution is -2.54. The maximum absolute atomic E-state index is 12.1. The molecule has 0 N–H and O–H groups in total. The van der Waals surface area contributed by atoms with Crippen LogP contribution in [0, 0.1) is 5.92 Å². The van der Waals surface area contributed by atoms with Crippen molar-refractivity contribution >= 4 is 5.97 Å². The van der Waals surface area contributed by atoms with Crippen LogP contribution in [-0.4, -0.2) is 61.4 Å². The van der Waals surface area contributed by atoms with Crippen molar-refractivity contribution in [3.05, 3.63) is 0 Å². The van der Waals surface area contributed by atoms with Crippen LogP contribution in [0.15, 0.2) is 0 Å². The number of hydroxylamine groups is 2. The molecule has 5 heteroatoms. The molecule has 0 atom stereocenters. The second kappa shape index (κ2) is 7.96. The summed E-state index contributed by atoms with van der Waals surface area (Å²) in [4.78, 5) is 20.0. The van der Waals surface area contributed by atoms with E-state index in [0.717, 1.165) is 25.9 Å². The maximum atomic E-state index is 12.1. The normalized spacial score (nSPS) is 24.6. The van der Waals surface area contributed by atoms with E-state index in [0.29, 0.717) is 19.8 Å². The molecular formula is C15H30N2O3. The Kier molecular flexibility index (Phi) is 6.92. The number of piperidine rings is 1. The Balaban J connectivity index is 0.000000956. The Morgan fingerprint density at radius 2 is 1.80 bits per heavy atom. The van der Waals surface area contributed by atoms with Crippen molar-refractivity contribution < 1.29 is 14.4 Å². The molecule has 0 bridgehead atoms. The summed E-state index contributed by atoms with van der Waals surface area (Å²) in [5, 5.41) is 1.79. The number of rotatable bonds is 2. The molecule has 0 unspecified atom stereocenters. The minimum atomic E-state index is -0.223. The minimum absolute atomic E-state index is 0.0554. The molecule has 0 saturated carbocycles. The van der Waals surface area contributed by atoms with E-state index in [1.54, 1.807) is 5.06 Å². The van der Waals surface area contributed by atoms with E-state index in [-0.39, 0.29) is 17.4 Å². The van der Waals surface area contributed by atoms with Crippen LogP contribution < -0.4 is 0 Å². The van der Waals surface area contributed by atoms with E-state index in [4.69, 9.17) is 9.57 Å². The molecule has 20 heavy (non-hydrogen) atoms. The summed E-state index contributed by atoms with van der Waals surface area (Å²) in [6.07, 6.45) is 1.81. The van der Waals surface area contributed by atoms with Gasteiger partial charge in [0.05, 0.1) is 31.2 Å². The van der Waals surface area contributed by atoms with Gasteiger partial charge in [-0.25, -0.2) is 0 Å². The number of morpholine rings is 1. The van der Waals surface area contributed by atoms with Crippen LogP contribution >= 0.6 is 0 Å². The SMILES string of the molecule is CC.CN1CCC(C(=O)ON2CCOCC2(C)C)CC1. The third-order valence-electron chi connectivity index (χ3n) is 3.82. The topological polar surface area (TPSA) is 42.0 Å². The molecule has 0 spiro atoms. The van der Waals surface area contributed by atoms with Crippen LogP contribution in [-0.2, 0) is 14.4 Å². The molecular weight excluding hydrogens is 256 g/mol. The van der Waals surface area contributed by atoms with E-state index in [1.807, 2.05) is 27.7 Å². The molecule has 0 aromatic rings. The fourth-order valence-corrected chi connectivity index (χ4v) is 2.44. The van der Waals surface area contributed by atoms with E-state index in [1.165, 1.54) is 0 Å². The van der Waals surface area contributed by atoms with Gasteiger partial charge in [-0.1, -0.05) is 13.8 Å². The summed E-state index contributed by atoms with van der Waals surface area (Å²) in [6, 6.07) is 0. The predicted molar refractivity (Wildman–Crippen MR) is 79.3 cm³/mol. The number of ether oxygens (including phenoxy) is 1. The van der Waals surface area contributed by atoms with Gasteiger partial charge in [-0.3, -0.25) is 4.79 Å². The highest BCUT2D eigenvalue weighted by atomic mass is 16.7. The Morgan fingerprint density at radius 1 is 1.20 bits per heavy atom. The van der Waals surface area contributed by atoms with Gasteiger partial charge in [-0.15, -0.1) is 5.06 Å². The number of nitrogens with zero attached hydrogens (tertiary/aromatic N) is 2. The molecule has 2 aliphatic rings. The van der Waals surface area contributed by atoms with Gasteiger partial charge in [0.1, 0.15) is 0 Å². The molecule has 0 radical (unpaired) electrons. The van der Waals surface area contributed by atoms with Gasteiger partial charge in [0.25, 0.3) is 0 Å². The number of likely N-dealkylation sites (tertiary alicyclic amines) is 1. The lowest BCUT2D eigenvalue weighted by atomic mass is 9.97. The van der Waals surface area contributed by atoms with Crippen LogP contribution in [0.3, 0.4) is 0 Å².